The number of aryl methyl sites for hydroxylation is 1. The molecule has 1 heterocycles. The second kappa shape index (κ2) is 9.97. The van der Waals surface area contributed by atoms with Crippen LogP contribution in [0.15, 0.2) is 42.7 Å². The first-order valence-corrected chi connectivity index (χ1v) is 10.2. The van der Waals surface area contributed by atoms with Gasteiger partial charge in [-0.05, 0) is 43.2 Å². The lowest BCUT2D eigenvalue weighted by molar-refractivity contribution is -0.384. The summed E-state index contributed by atoms with van der Waals surface area (Å²) in [6.07, 6.45) is 3.11. The van der Waals surface area contributed by atoms with Crippen LogP contribution in [0.1, 0.15) is 28.4 Å². The molecule has 1 saturated heterocycles. The van der Waals surface area contributed by atoms with Crippen molar-refractivity contribution in [3.8, 4) is 0 Å². The quantitative estimate of drug-likeness (QED) is 0.287. The minimum Gasteiger partial charge on any atom is -0.501 e. The van der Waals surface area contributed by atoms with Crippen LogP contribution in [0, 0.1) is 17.0 Å². The first kappa shape index (κ1) is 22.1. The number of carbonyl (C=O) groups excluding carboxylic acids is 1. The molecule has 1 fully saturated rings. The lowest BCUT2D eigenvalue weighted by Crippen LogP contribution is -2.47. The van der Waals surface area contributed by atoms with Gasteiger partial charge in [0.15, 0.2) is 0 Å². The Morgan fingerprint density at radius 2 is 1.77 bits per heavy atom. The van der Waals surface area contributed by atoms with Gasteiger partial charge < -0.3 is 19.3 Å². The highest BCUT2D eigenvalue weighted by atomic mass is 16.6. The Bertz CT molecular complexity index is 981. The maximum Gasteiger partial charge on any atom is 0.338 e. The van der Waals surface area contributed by atoms with Crippen molar-refractivity contribution in [3.63, 3.8) is 0 Å². The molecule has 0 radical (unpaired) electrons. The zero-order chi connectivity index (χ0) is 22.4. The van der Waals surface area contributed by atoms with Crippen LogP contribution in [-0.4, -0.2) is 50.8 Å². The maximum atomic E-state index is 12.2. The molecular weight excluding hydrogens is 398 g/mol. The molecule has 1 aliphatic heterocycles. The Balaban J connectivity index is 1.92. The molecule has 8 nitrogen and oxygen atoms in total. The van der Waals surface area contributed by atoms with E-state index in [1.807, 2.05) is 24.0 Å². The molecule has 0 saturated carbocycles. The minimum absolute atomic E-state index is 0.113. The summed E-state index contributed by atoms with van der Waals surface area (Å²) in [5.41, 5.74) is 3.40. The second-order valence-electron chi connectivity index (χ2n) is 7.20. The molecule has 0 aliphatic carbocycles. The topological polar surface area (TPSA) is 85.1 Å². The number of nitro benzene ring substituents is 1. The van der Waals surface area contributed by atoms with E-state index in [1.54, 1.807) is 12.1 Å². The number of methoxy groups -OCH3 is 1. The summed E-state index contributed by atoms with van der Waals surface area (Å²) in [4.78, 5) is 27.9. The number of rotatable bonds is 7. The SMILES string of the molecule is CCOC=Cc1cc(N2CCN(c3ccccc3C)CC2)c([N+](=O)[O-])cc1C(=O)OC. The molecule has 0 N–H and O–H groups in total. The zero-order valence-corrected chi connectivity index (χ0v) is 18.0. The Morgan fingerprint density at radius 1 is 1.13 bits per heavy atom. The molecule has 164 valence electrons. The van der Waals surface area contributed by atoms with Gasteiger partial charge in [-0.25, -0.2) is 4.79 Å². The summed E-state index contributed by atoms with van der Waals surface area (Å²) in [7, 11) is 1.25. The van der Waals surface area contributed by atoms with E-state index in [-0.39, 0.29) is 11.3 Å². The number of carbonyl (C=O) groups is 1. The average Bonchev–Trinajstić information content (AvgIpc) is 2.78. The molecule has 2 aromatic carbocycles. The standard InChI is InChI=1S/C23H27N3O5/c1-4-31-14-9-18-15-21(22(26(28)29)16-19(18)23(27)30-3)25-12-10-24(11-13-25)20-8-6-5-7-17(20)2/h5-9,14-16H,4,10-13H2,1-3H3. The normalized spacial score (nSPS) is 14.0. The fourth-order valence-corrected chi connectivity index (χ4v) is 3.74. The molecule has 1 aliphatic rings. The number of esters is 1. The summed E-state index contributed by atoms with van der Waals surface area (Å²) in [5.74, 6) is -0.629. The Morgan fingerprint density at radius 3 is 2.35 bits per heavy atom. The monoisotopic (exact) mass is 425 g/mol. The largest absolute Gasteiger partial charge is 0.501 e. The van der Waals surface area contributed by atoms with Gasteiger partial charge in [-0.3, -0.25) is 10.1 Å². The smallest absolute Gasteiger partial charge is 0.338 e. The van der Waals surface area contributed by atoms with Gasteiger partial charge in [-0.15, -0.1) is 0 Å². The van der Waals surface area contributed by atoms with Gasteiger partial charge >= 0.3 is 5.97 Å². The van der Waals surface area contributed by atoms with Crippen molar-refractivity contribution < 1.29 is 19.2 Å². The summed E-state index contributed by atoms with van der Waals surface area (Å²) in [6.45, 7) is 7.14. The molecule has 2 aromatic rings. The molecule has 0 unspecified atom stereocenters. The van der Waals surface area contributed by atoms with Gasteiger partial charge in [-0.1, -0.05) is 18.2 Å². The molecule has 3 rings (SSSR count). The third kappa shape index (κ3) is 4.96. The predicted octanol–water partition coefficient (Wildman–Crippen LogP) is 4.02. The van der Waals surface area contributed by atoms with E-state index in [0.29, 0.717) is 30.9 Å². The van der Waals surface area contributed by atoms with Crippen molar-refractivity contribution in [3.05, 3.63) is 69.5 Å². The third-order valence-corrected chi connectivity index (χ3v) is 5.34. The third-order valence-electron chi connectivity index (χ3n) is 5.34. The Hall–Kier alpha value is -3.55. The van der Waals surface area contributed by atoms with Gasteiger partial charge in [-0.2, -0.15) is 0 Å². The molecule has 0 amide bonds. The van der Waals surface area contributed by atoms with E-state index in [9.17, 15) is 14.9 Å². The zero-order valence-electron chi connectivity index (χ0n) is 18.0. The highest BCUT2D eigenvalue weighted by Gasteiger charge is 2.27. The number of piperazine rings is 1. The minimum atomic E-state index is -0.629. The van der Waals surface area contributed by atoms with Crippen LogP contribution >= 0.6 is 0 Å². The van der Waals surface area contributed by atoms with Crippen LogP contribution in [0.2, 0.25) is 0 Å². The van der Waals surface area contributed by atoms with E-state index in [0.717, 1.165) is 13.1 Å². The van der Waals surface area contributed by atoms with E-state index >= 15 is 0 Å². The Kier molecular flexibility index (Phi) is 7.12. The second-order valence-corrected chi connectivity index (χ2v) is 7.20. The fourth-order valence-electron chi connectivity index (χ4n) is 3.74. The summed E-state index contributed by atoms with van der Waals surface area (Å²) in [6, 6.07) is 11.2. The van der Waals surface area contributed by atoms with Gasteiger partial charge in [0.25, 0.3) is 5.69 Å². The van der Waals surface area contributed by atoms with Gasteiger partial charge in [0, 0.05) is 37.9 Å². The van der Waals surface area contributed by atoms with Crippen molar-refractivity contribution in [1.29, 1.82) is 0 Å². The maximum absolute atomic E-state index is 12.2. The van der Waals surface area contributed by atoms with Crippen LogP contribution in [0.4, 0.5) is 17.1 Å². The van der Waals surface area contributed by atoms with Crippen LogP contribution in [0.3, 0.4) is 0 Å². The van der Waals surface area contributed by atoms with Crippen molar-refractivity contribution in [2.75, 3.05) is 49.7 Å². The van der Waals surface area contributed by atoms with E-state index < -0.39 is 10.9 Å². The highest BCUT2D eigenvalue weighted by Crippen LogP contribution is 2.34. The molecule has 31 heavy (non-hydrogen) atoms. The molecule has 0 spiro atoms. The lowest BCUT2D eigenvalue weighted by atomic mass is 10.0. The van der Waals surface area contributed by atoms with Crippen LogP contribution in [-0.2, 0) is 9.47 Å². The van der Waals surface area contributed by atoms with Gasteiger partial charge in [0.2, 0.25) is 0 Å². The summed E-state index contributed by atoms with van der Waals surface area (Å²) < 4.78 is 10.1. The Labute approximate surface area is 181 Å². The van der Waals surface area contributed by atoms with E-state index in [2.05, 4.69) is 24.0 Å². The van der Waals surface area contributed by atoms with E-state index in [1.165, 1.54) is 30.7 Å². The van der Waals surface area contributed by atoms with Gasteiger partial charge in [0.1, 0.15) is 5.69 Å². The fraction of sp³-hybridized carbons (Fsp3) is 0.348. The van der Waals surface area contributed by atoms with Crippen molar-refractivity contribution >= 4 is 29.1 Å². The average molecular weight is 425 g/mol. The number of nitrogens with zero attached hydrogens (tertiary/aromatic N) is 3. The molecule has 0 aromatic heterocycles. The molecular formula is C23H27N3O5. The van der Waals surface area contributed by atoms with Gasteiger partial charge in [0.05, 0.1) is 30.5 Å². The number of anilines is 2. The number of hydrogen-bond acceptors (Lipinski definition) is 7. The summed E-state index contributed by atoms with van der Waals surface area (Å²) in [5, 5.41) is 11.8. The lowest BCUT2D eigenvalue weighted by Gasteiger charge is -2.37. The van der Waals surface area contributed by atoms with Crippen molar-refractivity contribution in [2.24, 2.45) is 0 Å². The number of nitro groups is 1. The number of para-hydroxylation sites is 1. The van der Waals surface area contributed by atoms with Crippen LogP contribution in [0.25, 0.3) is 6.08 Å². The van der Waals surface area contributed by atoms with Crippen molar-refractivity contribution in [2.45, 2.75) is 13.8 Å². The van der Waals surface area contributed by atoms with E-state index in [4.69, 9.17) is 9.47 Å². The van der Waals surface area contributed by atoms with Crippen LogP contribution in [0.5, 0.6) is 0 Å². The first-order chi connectivity index (χ1) is 15.0. The number of ether oxygens (including phenoxy) is 2. The molecule has 0 atom stereocenters. The predicted molar refractivity (Wildman–Crippen MR) is 121 cm³/mol. The van der Waals surface area contributed by atoms with Crippen molar-refractivity contribution in [1.82, 2.24) is 0 Å². The number of benzene rings is 2. The highest BCUT2D eigenvalue weighted by molar-refractivity contribution is 5.96. The van der Waals surface area contributed by atoms with Crippen LogP contribution < -0.4 is 9.80 Å². The molecule has 8 heteroatoms. The molecule has 0 bridgehead atoms. The summed E-state index contributed by atoms with van der Waals surface area (Å²) >= 11 is 0. The first-order valence-electron chi connectivity index (χ1n) is 10.2. The number of hydrogen-bond donors (Lipinski definition) is 0.